The lowest BCUT2D eigenvalue weighted by molar-refractivity contribution is 0.0601. The van der Waals surface area contributed by atoms with Crippen molar-refractivity contribution in [2.75, 3.05) is 12.4 Å². The van der Waals surface area contributed by atoms with Gasteiger partial charge in [-0.05, 0) is 29.8 Å². The van der Waals surface area contributed by atoms with Crippen molar-refractivity contribution >= 4 is 46.0 Å². The Hall–Kier alpha value is -3.16. The number of hydrogen-bond acceptors (Lipinski definition) is 6. The van der Waals surface area contributed by atoms with Gasteiger partial charge in [-0.2, -0.15) is 5.10 Å². The molecule has 0 aliphatic carbocycles. The van der Waals surface area contributed by atoms with Gasteiger partial charge in [-0.3, -0.25) is 4.68 Å². The second-order valence-corrected chi connectivity index (χ2v) is 7.40. The van der Waals surface area contributed by atoms with Crippen molar-refractivity contribution in [1.29, 1.82) is 0 Å². The zero-order valence-electron chi connectivity index (χ0n) is 16.2. The predicted octanol–water partition coefficient (Wildman–Crippen LogP) is 4.74. The Bertz CT molecular complexity index is 1240. The zero-order valence-corrected chi connectivity index (χ0v) is 17.7. The number of carbonyl (C=O) groups is 1. The topological polar surface area (TPSA) is 81.9 Å². The molecule has 4 rings (SSSR count). The Balaban J connectivity index is 1.70. The maximum atomic E-state index is 11.7. The number of nitrogens with one attached hydrogen (secondary N) is 1. The molecule has 7 nitrogen and oxygen atoms in total. The molecule has 9 heteroatoms. The van der Waals surface area contributed by atoms with Crippen LogP contribution in [0, 0.1) is 0 Å². The summed E-state index contributed by atoms with van der Waals surface area (Å²) in [4.78, 5) is 21.0. The fourth-order valence-electron chi connectivity index (χ4n) is 3.05. The number of anilines is 1. The van der Waals surface area contributed by atoms with Crippen molar-refractivity contribution in [2.24, 2.45) is 7.05 Å². The van der Waals surface area contributed by atoms with Crippen molar-refractivity contribution in [3.63, 3.8) is 0 Å². The average Bonchev–Trinajstić information content (AvgIpc) is 3.13. The van der Waals surface area contributed by atoms with Gasteiger partial charge in [0.05, 0.1) is 18.9 Å². The summed E-state index contributed by atoms with van der Waals surface area (Å²) in [6.45, 7) is 0.452. The van der Waals surface area contributed by atoms with Crippen molar-refractivity contribution in [3.8, 4) is 11.4 Å². The van der Waals surface area contributed by atoms with Gasteiger partial charge in [0.15, 0.2) is 11.6 Å². The Labute approximate surface area is 182 Å². The summed E-state index contributed by atoms with van der Waals surface area (Å²) in [5.41, 5.74) is 3.58. The number of aromatic nitrogens is 4. The van der Waals surface area contributed by atoms with E-state index < -0.39 is 5.97 Å². The highest BCUT2D eigenvalue weighted by Crippen LogP contribution is 2.27. The van der Waals surface area contributed by atoms with Gasteiger partial charge in [0.2, 0.25) is 0 Å². The van der Waals surface area contributed by atoms with Gasteiger partial charge >= 0.3 is 5.97 Å². The van der Waals surface area contributed by atoms with Crippen LogP contribution in [0.1, 0.15) is 15.9 Å². The van der Waals surface area contributed by atoms with Gasteiger partial charge in [-0.15, -0.1) is 0 Å². The average molecular weight is 442 g/mol. The minimum Gasteiger partial charge on any atom is -0.465 e. The second kappa shape index (κ2) is 8.30. The van der Waals surface area contributed by atoms with Crippen LogP contribution in [0.2, 0.25) is 10.0 Å². The van der Waals surface area contributed by atoms with E-state index >= 15 is 0 Å². The molecular formula is C21H17Cl2N5O2. The maximum Gasteiger partial charge on any atom is 0.337 e. The molecule has 0 radical (unpaired) electrons. The first-order valence-corrected chi connectivity index (χ1v) is 9.78. The summed E-state index contributed by atoms with van der Waals surface area (Å²) in [5.74, 6) is 0.738. The molecule has 2 aromatic carbocycles. The van der Waals surface area contributed by atoms with E-state index in [1.165, 1.54) is 7.11 Å². The van der Waals surface area contributed by atoms with Crippen molar-refractivity contribution < 1.29 is 9.53 Å². The Morgan fingerprint density at radius 2 is 1.90 bits per heavy atom. The van der Waals surface area contributed by atoms with Crippen LogP contribution in [-0.2, 0) is 18.3 Å². The van der Waals surface area contributed by atoms with Gasteiger partial charge < -0.3 is 10.1 Å². The summed E-state index contributed by atoms with van der Waals surface area (Å²) in [7, 11) is 3.18. The molecule has 0 aliphatic heterocycles. The van der Waals surface area contributed by atoms with Crippen LogP contribution in [-0.4, -0.2) is 32.8 Å². The van der Waals surface area contributed by atoms with Crippen LogP contribution in [0.15, 0.2) is 48.7 Å². The molecule has 0 atom stereocenters. The van der Waals surface area contributed by atoms with Gasteiger partial charge in [0.25, 0.3) is 0 Å². The van der Waals surface area contributed by atoms with Crippen LogP contribution in [0.5, 0.6) is 0 Å². The number of nitrogens with zero attached hydrogens (tertiary/aromatic N) is 4. The Kier molecular flexibility index (Phi) is 5.57. The minimum atomic E-state index is -0.396. The lowest BCUT2D eigenvalue weighted by atomic mass is 10.1. The molecule has 30 heavy (non-hydrogen) atoms. The van der Waals surface area contributed by atoms with Crippen LogP contribution < -0.4 is 5.32 Å². The number of benzene rings is 2. The molecule has 0 aliphatic rings. The molecule has 2 heterocycles. The fourth-order valence-corrected chi connectivity index (χ4v) is 3.53. The van der Waals surface area contributed by atoms with Crippen LogP contribution in [0.25, 0.3) is 22.4 Å². The summed E-state index contributed by atoms with van der Waals surface area (Å²) < 4.78 is 6.46. The quantitative estimate of drug-likeness (QED) is 0.450. The molecule has 0 fully saturated rings. The number of methoxy groups -OCH3 is 1. The highest BCUT2D eigenvalue weighted by molar-refractivity contribution is 6.35. The third-order valence-electron chi connectivity index (χ3n) is 4.61. The Morgan fingerprint density at radius 1 is 1.13 bits per heavy atom. The minimum absolute atomic E-state index is 0.396. The highest BCUT2D eigenvalue weighted by atomic mass is 35.5. The molecule has 1 N–H and O–H groups in total. The first-order valence-electron chi connectivity index (χ1n) is 9.02. The van der Waals surface area contributed by atoms with Gasteiger partial charge in [-0.1, -0.05) is 41.4 Å². The number of halogens is 2. The standard InChI is InChI=1S/C21H17Cl2N5O2/c1-28-18-17(11-25-28)26-19(12-3-5-13(6-4-12)21(29)30-2)27-20(18)24-10-14-7-8-15(22)9-16(14)23/h3-9,11H,10H2,1-2H3,(H,24,26,27). The summed E-state index contributed by atoms with van der Waals surface area (Å²) in [5, 5.41) is 8.77. The second-order valence-electron chi connectivity index (χ2n) is 6.56. The number of rotatable bonds is 5. The molecular weight excluding hydrogens is 425 g/mol. The monoisotopic (exact) mass is 441 g/mol. The first-order chi connectivity index (χ1) is 14.5. The largest absolute Gasteiger partial charge is 0.465 e. The number of ether oxygens (including phenoxy) is 1. The van der Waals surface area contributed by atoms with E-state index in [-0.39, 0.29) is 0 Å². The third kappa shape index (κ3) is 3.94. The van der Waals surface area contributed by atoms with Gasteiger partial charge in [0, 0.05) is 29.2 Å². The molecule has 4 aromatic rings. The van der Waals surface area contributed by atoms with Crippen LogP contribution in [0.3, 0.4) is 0 Å². The SMILES string of the molecule is COC(=O)c1ccc(-c2nc(NCc3ccc(Cl)cc3Cl)c3c(cnn3C)n2)cc1. The number of esters is 1. The number of hydrogen-bond donors (Lipinski definition) is 1. The van der Waals surface area contributed by atoms with Crippen molar-refractivity contribution in [2.45, 2.75) is 6.54 Å². The lowest BCUT2D eigenvalue weighted by Crippen LogP contribution is -2.06. The summed E-state index contributed by atoms with van der Waals surface area (Å²) in [6, 6.07) is 12.3. The van der Waals surface area contributed by atoms with Crippen molar-refractivity contribution in [1.82, 2.24) is 19.7 Å². The normalized spacial score (nSPS) is 10.9. The smallest absolute Gasteiger partial charge is 0.337 e. The molecule has 0 amide bonds. The molecule has 2 aromatic heterocycles. The van der Waals surface area contributed by atoms with E-state index in [9.17, 15) is 4.79 Å². The summed E-state index contributed by atoms with van der Waals surface area (Å²) in [6.07, 6.45) is 1.68. The van der Waals surface area contributed by atoms with E-state index in [1.54, 1.807) is 47.3 Å². The zero-order chi connectivity index (χ0) is 21.3. The molecule has 0 saturated carbocycles. The molecule has 0 bridgehead atoms. The Morgan fingerprint density at radius 3 is 2.60 bits per heavy atom. The van der Waals surface area contributed by atoms with Gasteiger partial charge in [0.1, 0.15) is 11.0 Å². The van der Waals surface area contributed by atoms with E-state index in [2.05, 4.69) is 15.4 Å². The van der Waals surface area contributed by atoms with E-state index in [1.807, 2.05) is 13.1 Å². The van der Waals surface area contributed by atoms with Crippen LogP contribution >= 0.6 is 23.2 Å². The third-order valence-corrected chi connectivity index (χ3v) is 5.20. The molecule has 0 saturated heterocycles. The number of fused-ring (bicyclic) bond motifs is 1. The molecule has 0 unspecified atom stereocenters. The summed E-state index contributed by atoms with van der Waals surface area (Å²) >= 11 is 12.3. The van der Waals surface area contributed by atoms with Gasteiger partial charge in [-0.25, -0.2) is 14.8 Å². The van der Waals surface area contributed by atoms with E-state index in [0.717, 1.165) is 16.6 Å². The number of carbonyl (C=O) groups excluding carboxylic acids is 1. The number of aryl methyl sites for hydroxylation is 1. The van der Waals surface area contributed by atoms with Crippen molar-refractivity contribution in [3.05, 3.63) is 69.8 Å². The fraction of sp³-hybridized carbons (Fsp3) is 0.143. The van der Waals surface area contributed by atoms with E-state index in [0.29, 0.717) is 39.3 Å². The van der Waals surface area contributed by atoms with Crippen LogP contribution in [0.4, 0.5) is 5.82 Å². The van der Waals surface area contributed by atoms with E-state index in [4.69, 9.17) is 32.9 Å². The highest BCUT2D eigenvalue weighted by Gasteiger charge is 2.14. The predicted molar refractivity (Wildman–Crippen MR) is 117 cm³/mol. The molecule has 152 valence electrons. The maximum absolute atomic E-state index is 11.7. The lowest BCUT2D eigenvalue weighted by Gasteiger charge is -2.11. The molecule has 0 spiro atoms. The first kappa shape index (κ1) is 20.1.